The van der Waals surface area contributed by atoms with Gasteiger partial charge in [0, 0.05) is 0 Å². The molecule has 56 valence electrons. The molecule has 0 saturated heterocycles. The van der Waals surface area contributed by atoms with Crippen LogP contribution in [0.1, 0.15) is 19.3 Å². The fourth-order valence-electron chi connectivity index (χ4n) is 0.444. The van der Waals surface area contributed by atoms with Crippen molar-refractivity contribution in [2.45, 2.75) is 19.3 Å². The van der Waals surface area contributed by atoms with Gasteiger partial charge in [0.05, 0.1) is 4.99 Å². The molecule has 0 atom stereocenters. The van der Waals surface area contributed by atoms with Crippen LogP contribution in [0, 0.1) is 0 Å². The summed E-state index contributed by atoms with van der Waals surface area (Å²) in [5.41, 5.74) is 10.5. The molecular formula is C5H13ClN2S. The molecule has 4 heteroatoms. The van der Waals surface area contributed by atoms with E-state index in [1.807, 2.05) is 0 Å². The minimum atomic E-state index is 0. The lowest BCUT2D eigenvalue weighted by atomic mass is 10.2. The molecule has 0 heterocycles. The van der Waals surface area contributed by atoms with Crippen LogP contribution in [-0.4, -0.2) is 11.5 Å². The van der Waals surface area contributed by atoms with Gasteiger partial charge in [0.1, 0.15) is 0 Å². The number of nitrogens with two attached hydrogens (primary N) is 2. The van der Waals surface area contributed by atoms with E-state index in [1.54, 1.807) is 0 Å². The van der Waals surface area contributed by atoms with Crippen LogP contribution in [0.4, 0.5) is 0 Å². The minimum Gasteiger partial charge on any atom is -0.393 e. The Morgan fingerprint density at radius 2 is 1.89 bits per heavy atom. The quantitative estimate of drug-likeness (QED) is 0.483. The minimum absolute atomic E-state index is 0. The summed E-state index contributed by atoms with van der Waals surface area (Å²) in [6, 6.07) is 0. The van der Waals surface area contributed by atoms with E-state index in [1.165, 1.54) is 0 Å². The zero-order valence-corrected chi connectivity index (χ0v) is 6.93. The smallest absolute Gasteiger partial charge is 0.0727 e. The van der Waals surface area contributed by atoms with Gasteiger partial charge in [0.25, 0.3) is 0 Å². The summed E-state index contributed by atoms with van der Waals surface area (Å²) in [6.45, 7) is 0.739. The maximum atomic E-state index is 5.23. The third-order valence-electron chi connectivity index (χ3n) is 0.877. The Balaban J connectivity index is 0. The van der Waals surface area contributed by atoms with Crippen molar-refractivity contribution in [2.75, 3.05) is 6.54 Å². The normalized spacial score (nSPS) is 8.11. The average molecular weight is 169 g/mol. The van der Waals surface area contributed by atoms with E-state index in [4.69, 9.17) is 11.5 Å². The number of rotatable bonds is 4. The second-order valence-electron chi connectivity index (χ2n) is 1.71. The molecule has 0 aromatic carbocycles. The zero-order valence-electron chi connectivity index (χ0n) is 5.30. The first kappa shape index (κ1) is 11.9. The SMILES string of the molecule is Cl.NCCCCC(N)=S. The van der Waals surface area contributed by atoms with Crippen LogP contribution in [0.2, 0.25) is 0 Å². The second-order valence-corrected chi connectivity index (χ2v) is 2.24. The molecule has 4 N–H and O–H groups in total. The fourth-order valence-corrected chi connectivity index (χ4v) is 0.588. The van der Waals surface area contributed by atoms with Crippen LogP contribution in [0.25, 0.3) is 0 Å². The Labute approximate surface area is 67.4 Å². The number of unbranched alkanes of at least 4 members (excludes halogenated alkanes) is 1. The monoisotopic (exact) mass is 168 g/mol. The maximum absolute atomic E-state index is 5.23. The summed E-state index contributed by atoms with van der Waals surface area (Å²) in [5.74, 6) is 0. The van der Waals surface area contributed by atoms with Crippen molar-refractivity contribution in [2.24, 2.45) is 11.5 Å². The van der Waals surface area contributed by atoms with Crippen LogP contribution >= 0.6 is 24.6 Å². The van der Waals surface area contributed by atoms with E-state index < -0.39 is 0 Å². The molecule has 0 fully saturated rings. The number of halogens is 1. The Hall–Kier alpha value is 0.140. The van der Waals surface area contributed by atoms with Crippen molar-refractivity contribution in [1.82, 2.24) is 0 Å². The molecule has 0 radical (unpaired) electrons. The Kier molecular flexibility index (Phi) is 10.7. The molecule has 0 unspecified atom stereocenters. The van der Waals surface area contributed by atoms with Gasteiger partial charge < -0.3 is 11.5 Å². The second kappa shape index (κ2) is 8.14. The van der Waals surface area contributed by atoms with Gasteiger partial charge in [-0.15, -0.1) is 12.4 Å². The van der Waals surface area contributed by atoms with Crippen molar-refractivity contribution in [3.63, 3.8) is 0 Å². The van der Waals surface area contributed by atoms with E-state index >= 15 is 0 Å². The number of hydrogen-bond donors (Lipinski definition) is 2. The summed E-state index contributed by atoms with van der Waals surface area (Å²) < 4.78 is 0. The van der Waals surface area contributed by atoms with Crippen molar-refractivity contribution >= 4 is 29.6 Å². The van der Waals surface area contributed by atoms with E-state index in [9.17, 15) is 0 Å². The van der Waals surface area contributed by atoms with Crippen LogP contribution in [0.3, 0.4) is 0 Å². The predicted molar refractivity (Wildman–Crippen MR) is 46.9 cm³/mol. The molecule has 0 aliphatic carbocycles. The molecule has 0 aliphatic heterocycles. The first-order chi connectivity index (χ1) is 3.77. The van der Waals surface area contributed by atoms with Crippen molar-refractivity contribution < 1.29 is 0 Å². The summed E-state index contributed by atoms with van der Waals surface area (Å²) >= 11 is 4.65. The standard InChI is InChI=1S/C5H12N2S.ClH/c6-4-2-1-3-5(7)8;/h1-4,6H2,(H2,7,8);1H. The van der Waals surface area contributed by atoms with Crippen LogP contribution in [0.15, 0.2) is 0 Å². The van der Waals surface area contributed by atoms with E-state index in [2.05, 4.69) is 12.2 Å². The summed E-state index contributed by atoms with van der Waals surface area (Å²) in [7, 11) is 0. The van der Waals surface area contributed by atoms with E-state index in [-0.39, 0.29) is 12.4 Å². The Bertz CT molecular complexity index is 77.4. The summed E-state index contributed by atoms with van der Waals surface area (Å²) in [4.78, 5) is 0.596. The summed E-state index contributed by atoms with van der Waals surface area (Å²) in [6.07, 6.45) is 2.90. The van der Waals surface area contributed by atoms with Gasteiger partial charge in [0.15, 0.2) is 0 Å². The molecule has 0 spiro atoms. The molecule has 0 saturated carbocycles. The number of hydrogen-bond acceptors (Lipinski definition) is 2. The van der Waals surface area contributed by atoms with Gasteiger partial charge in [-0.2, -0.15) is 0 Å². The molecule has 0 amide bonds. The summed E-state index contributed by atoms with van der Waals surface area (Å²) in [5, 5.41) is 0. The van der Waals surface area contributed by atoms with Gasteiger partial charge in [-0.3, -0.25) is 0 Å². The molecule has 2 nitrogen and oxygen atoms in total. The Morgan fingerprint density at radius 1 is 1.33 bits per heavy atom. The highest BCUT2D eigenvalue weighted by atomic mass is 35.5. The predicted octanol–water partition coefficient (Wildman–Crippen LogP) is 0.823. The van der Waals surface area contributed by atoms with Gasteiger partial charge >= 0.3 is 0 Å². The van der Waals surface area contributed by atoms with Crippen LogP contribution in [0.5, 0.6) is 0 Å². The molecule has 0 aliphatic rings. The average Bonchev–Trinajstić information content (AvgIpc) is 1.66. The lowest BCUT2D eigenvalue weighted by Crippen LogP contribution is -2.08. The fraction of sp³-hybridized carbons (Fsp3) is 0.800. The Morgan fingerprint density at radius 3 is 2.22 bits per heavy atom. The van der Waals surface area contributed by atoms with Crippen LogP contribution < -0.4 is 11.5 Å². The van der Waals surface area contributed by atoms with Crippen LogP contribution in [-0.2, 0) is 0 Å². The zero-order chi connectivity index (χ0) is 6.41. The van der Waals surface area contributed by atoms with Crippen molar-refractivity contribution in [3.8, 4) is 0 Å². The molecule has 0 bridgehead atoms. The van der Waals surface area contributed by atoms with Crippen molar-refractivity contribution in [3.05, 3.63) is 0 Å². The molecule has 0 aromatic rings. The largest absolute Gasteiger partial charge is 0.393 e. The van der Waals surface area contributed by atoms with E-state index in [0.29, 0.717) is 4.99 Å². The van der Waals surface area contributed by atoms with Gasteiger partial charge in [-0.1, -0.05) is 12.2 Å². The van der Waals surface area contributed by atoms with Crippen molar-refractivity contribution in [1.29, 1.82) is 0 Å². The first-order valence-corrected chi connectivity index (χ1v) is 3.16. The third kappa shape index (κ3) is 11.6. The lowest BCUT2D eigenvalue weighted by Gasteiger charge is -1.93. The highest BCUT2D eigenvalue weighted by Crippen LogP contribution is 1.91. The first-order valence-electron chi connectivity index (χ1n) is 2.75. The third-order valence-corrected chi connectivity index (χ3v) is 1.08. The molecule has 0 rings (SSSR count). The van der Waals surface area contributed by atoms with E-state index in [0.717, 1.165) is 25.8 Å². The highest BCUT2D eigenvalue weighted by molar-refractivity contribution is 7.80. The topological polar surface area (TPSA) is 52.0 Å². The van der Waals surface area contributed by atoms with Gasteiger partial charge in [-0.25, -0.2) is 0 Å². The molecule has 0 aromatic heterocycles. The molecular weight excluding hydrogens is 156 g/mol. The molecule has 9 heavy (non-hydrogen) atoms. The number of thiocarbonyl (C=S) groups is 1. The lowest BCUT2D eigenvalue weighted by molar-refractivity contribution is 0.774. The highest BCUT2D eigenvalue weighted by Gasteiger charge is 1.86. The van der Waals surface area contributed by atoms with Gasteiger partial charge in [-0.05, 0) is 25.8 Å². The van der Waals surface area contributed by atoms with Gasteiger partial charge in [0.2, 0.25) is 0 Å². The maximum Gasteiger partial charge on any atom is 0.0727 e.